The average Bonchev–Trinajstić information content (AvgIpc) is 2.15. The van der Waals surface area contributed by atoms with E-state index in [0.29, 0.717) is 5.75 Å². The predicted octanol–water partition coefficient (Wildman–Crippen LogP) is 1.68. The molecule has 0 atom stereocenters. The van der Waals surface area contributed by atoms with E-state index in [-0.39, 0.29) is 0 Å². The van der Waals surface area contributed by atoms with E-state index in [1.54, 1.807) is 18.2 Å². The monoisotopic (exact) mass is 164 g/mol. The molecule has 0 saturated carbocycles. The van der Waals surface area contributed by atoms with E-state index in [1.165, 1.54) is 6.08 Å². The standard InChI is InChI=1S/C8H8N2O2/c9-12-8-4-2-1-3-7(8)5-6-10-11/h1-6H,9H2/b6-5+. The van der Waals surface area contributed by atoms with Crippen LogP contribution in [0.3, 0.4) is 0 Å². The third-order valence-electron chi connectivity index (χ3n) is 1.36. The quantitative estimate of drug-likeness (QED) is 0.546. The van der Waals surface area contributed by atoms with Crippen LogP contribution in [0.25, 0.3) is 6.08 Å². The molecule has 0 amide bonds. The van der Waals surface area contributed by atoms with Gasteiger partial charge in [0.1, 0.15) is 0 Å². The maximum absolute atomic E-state index is 9.77. The Balaban J connectivity index is 2.96. The largest absolute Gasteiger partial charge is 0.411 e. The van der Waals surface area contributed by atoms with E-state index in [0.717, 1.165) is 11.8 Å². The summed E-state index contributed by atoms with van der Waals surface area (Å²) in [6.07, 6.45) is 2.66. The number of hydrogen-bond donors (Lipinski definition) is 1. The Kier molecular flexibility index (Phi) is 2.98. The van der Waals surface area contributed by atoms with Crippen LogP contribution in [0.1, 0.15) is 5.56 Å². The van der Waals surface area contributed by atoms with Crippen LogP contribution in [-0.4, -0.2) is 0 Å². The van der Waals surface area contributed by atoms with Crippen LogP contribution in [0.4, 0.5) is 0 Å². The molecule has 62 valence electrons. The summed E-state index contributed by atoms with van der Waals surface area (Å²) in [5, 5.41) is 2.58. The topological polar surface area (TPSA) is 64.7 Å². The Morgan fingerprint density at radius 1 is 1.42 bits per heavy atom. The molecule has 0 aliphatic heterocycles. The van der Waals surface area contributed by atoms with Crippen molar-refractivity contribution in [3.05, 3.63) is 40.9 Å². The van der Waals surface area contributed by atoms with Crippen LogP contribution in [0, 0.1) is 4.91 Å². The number of para-hydroxylation sites is 1. The van der Waals surface area contributed by atoms with Crippen molar-refractivity contribution in [2.45, 2.75) is 0 Å². The summed E-state index contributed by atoms with van der Waals surface area (Å²) >= 11 is 0. The van der Waals surface area contributed by atoms with Crippen molar-refractivity contribution in [2.75, 3.05) is 0 Å². The van der Waals surface area contributed by atoms with E-state index in [4.69, 9.17) is 5.90 Å². The number of nitrogens with two attached hydrogens (primary N) is 1. The van der Waals surface area contributed by atoms with Gasteiger partial charge >= 0.3 is 0 Å². The molecule has 4 heteroatoms. The molecule has 0 bridgehead atoms. The molecule has 0 spiro atoms. The van der Waals surface area contributed by atoms with E-state index < -0.39 is 0 Å². The molecular weight excluding hydrogens is 156 g/mol. The van der Waals surface area contributed by atoms with E-state index in [1.807, 2.05) is 6.07 Å². The lowest BCUT2D eigenvalue weighted by Crippen LogP contribution is -2.02. The number of rotatable bonds is 3. The highest BCUT2D eigenvalue weighted by atomic mass is 16.6. The van der Waals surface area contributed by atoms with Crippen LogP contribution in [0.15, 0.2) is 35.6 Å². The molecule has 0 heterocycles. The van der Waals surface area contributed by atoms with Gasteiger partial charge < -0.3 is 4.84 Å². The zero-order valence-electron chi connectivity index (χ0n) is 6.31. The molecular formula is C8H8N2O2. The third-order valence-corrected chi connectivity index (χ3v) is 1.36. The molecule has 0 fully saturated rings. The van der Waals surface area contributed by atoms with Crippen LogP contribution in [0.2, 0.25) is 0 Å². The maximum Gasteiger partial charge on any atom is 0.154 e. The van der Waals surface area contributed by atoms with Crippen molar-refractivity contribution in [1.82, 2.24) is 0 Å². The summed E-state index contributed by atoms with van der Waals surface area (Å²) in [7, 11) is 0. The number of nitroso groups, excluding NO2 is 1. The predicted molar refractivity (Wildman–Crippen MR) is 46.1 cm³/mol. The van der Waals surface area contributed by atoms with Gasteiger partial charge in [-0.3, -0.25) is 0 Å². The minimum atomic E-state index is 0.511. The lowest BCUT2D eigenvalue weighted by molar-refractivity contribution is 0.334. The summed E-state index contributed by atoms with van der Waals surface area (Å²) in [4.78, 5) is 14.3. The average molecular weight is 164 g/mol. The molecule has 4 nitrogen and oxygen atoms in total. The number of benzene rings is 1. The minimum absolute atomic E-state index is 0.511. The second-order valence-electron chi connectivity index (χ2n) is 2.08. The van der Waals surface area contributed by atoms with Gasteiger partial charge in [0, 0.05) is 5.56 Å². The first-order valence-electron chi connectivity index (χ1n) is 3.33. The van der Waals surface area contributed by atoms with Gasteiger partial charge in [0.15, 0.2) is 5.75 Å². The lowest BCUT2D eigenvalue weighted by atomic mass is 10.2. The Hall–Kier alpha value is -1.68. The maximum atomic E-state index is 9.77. The molecule has 0 unspecified atom stereocenters. The first-order chi connectivity index (χ1) is 5.88. The van der Waals surface area contributed by atoms with Crippen molar-refractivity contribution < 1.29 is 4.84 Å². The fourth-order valence-corrected chi connectivity index (χ4v) is 0.836. The second kappa shape index (κ2) is 4.25. The zero-order valence-corrected chi connectivity index (χ0v) is 6.31. The van der Waals surface area contributed by atoms with Gasteiger partial charge in [-0.1, -0.05) is 18.2 Å². The second-order valence-corrected chi connectivity index (χ2v) is 2.08. The summed E-state index contributed by atoms with van der Waals surface area (Å²) in [6.45, 7) is 0. The van der Waals surface area contributed by atoms with Crippen molar-refractivity contribution >= 4 is 6.08 Å². The van der Waals surface area contributed by atoms with Crippen LogP contribution in [0.5, 0.6) is 5.75 Å². The number of hydrogen-bond acceptors (Lipinski definition) is 4. The molecule has 1 aromatic rings. The van der Waals surface area contributed by atoms with Crippen LogP contribution >= 0.6 is 0 Å². The highest BCUT2D eigenvalue weighted by Crippen LogP contribution is 2.17. The van der Waals surface area contributed by atoms with Crippen LogP contribution in [-0.2, 0) is 0 Å². The smallest absolute Gasteiger partial charge is 0.154 e. The minimum Gasteiger partial charge on any atom is -0.411 e. The zero-order chi connectivity index (χ0) is 8.81. The Bertz CT molecular complexity index is 297. The van der Waals surface area contributed by atoms with Gasteiger partial charge in [-0.15, -0.1) is 4.91 Å². The summed E-state index contributed by atoms with van der Waals surface area (Å²) in [5.74, 6) is 5.49. The van der Waals surface area contributed by atoms with E-state index >= 15 is 0 Å². The third kappa shape index (κ3) is 1.90. The van der Waals surface area contributed by atoms with Crippen molar-refractivity contribution in [2.24, 2.45) is 11.1 Å². The van der Waals surface area contributed by atoms with Gasteiger partial charge in [0.2, 0.25) is 0 Å². The van der Waals surface area contributed by atoms with Crippen LogP contribution < -0.4 is 10.7 Å². The van der Waals surface area contributed by atoms with Gasteiger partial charge in [-0.05, 0) is 17.3 Å². The summed E-state index contributed by atoms with van der Waals surface area (Å²) in [5.41, 5.74) is 0.722. The first-order valence-corrected chi connectivity index (χ1v) is 3.33. The van der Waals surface area contributed by atoms with E-state index in [2.05, 4.69) is 10.0 Å². The van der Waals surface area contributed by atoms with Crippen molar-refractivity contribution in [3.63, 3.8) is 0 Å². The SMILES string of the molecule is NOc1ccccc1/C=C/N=O. The van der Waals surface area contributed by atoms with Gasteiger partial charge in [-0.25, -0.2) is 0 Å². The van der Waals surface area contributed by atoms with E-state index in [9.17, 15) is 4.91 Å². The Labute approximate surface area is 69.6 Å². The first kappa shape index (κ1) is 8.42. The summed E-state index contributed by atoms with van der Waals surface area (Å²) in [6, 6.07) is 7.06. The highest BCUT2D eigenvalue weighted by Gasteiger charge is 1.96. The Morgan fingerprint density at radius 3 is 2.83 bits per heavy atom. The molecule has 0 aliphatic carbocycles. The fraction of sp³-hybridized carbons (Fsp3) is 0. The van der Waals surface area contributed by atoms with Crippen molar-refractivity contribution in [3.8, 4) is 5.75 Å². The van der Waals surface area contributed by atoms with Gasteiger partial charge in [0.25, 0.3) is 0 Å². The molecule has 1 rings (SSSR count). The highest BCUT2D eigenvalue weighted by molar-refractivity contribution is 5.56. The molecule has 0 aromatic heterocycles. The molecule has 0 aliphatic rings. The molecule has 0 radical (unpaired) electrons. The van der Waals surface area contributed by atoms with Crippen molar-refractivity contribution in [1.29, 1.82) is 0 Å². The molecule has 12 heavy (non-hydrogen) atoms. The summed E-state index contributed by atoms with van der Waals surface area (Å²) < 4.78 is 0. The Morgan fingerprint density at radius 2 is 2.17 bits per heavy atom. The fourth-order valence-electron chi connectivity index (χ4n) is 0.836. The van der Waals surface area contributed by atoms with Gasteiger partial charge in [-0.2, -0.15) is 5.90 Å². The normalized spacial score (nSPS) is 10.1. The lowest BCUT2D eigenvalue weighted by Gasteiger charge is -2.00. The molecule has 2 N–H and O–H groups in total. The van der Waals surface area contributed by atoms with Gasteiger partial charge in [0.05, 0.1) is 6.20 Å². The molecule has 1 aromatic carbocycles. The number of nitrogens with zero attached hydrogens (tertiary/aromatic N) is 1. The molecule has 0 saturated heterocycles.